The summed E-state index contributed by atoms with van der Waals surface area (Å²) in [5, 5.41) is 1.70. The SMILES string of the molecule is CCC(c1ccc(OCC(Br)CBr)c(Br)c1)c1ccc(OCC(Br)CBr)c(Br)c1. The van der Waals surface area contributed by atoms with Crippen molar-refractivity contribution in [1.29, 1.82) is 0 Å². The molecule has 2 rings (SSSR count). The average Bonchev–Trinajstić information content (AvgIpc) is 2.72. The molecule has 8 heteroatoms. The van der Waals surface area contributed by atoms with Crippen LogP contribution < -0.4 is 9.47 Å². The molecule has 0 aromatic heterocycles. The Morgan fingerprint density at radius 3 is 1.48 bits per heavy atom. The first-order valence-corrected chi connectivity index (χ1v) is 14.8. The molecule has 29 heavy (non-hydrogen) atoms. The van der Waals surface area contributed by atoms with Gasteiger partial charge in [-0.15, -0.1) is 0 Å². The van der Waals surface area contributed by atoms with E-state index in [2.05, 4.69) is 127 Å². The molecule has 0 aliphatic carbocycles. The highest BCUT2D eigenvalue weighted by Gasteiger charge is 2.16. The molecule has 0 saturated carbocycles. The van der Waals surface area contributed by atoms with E-state index in [9.17, 15) is 0 Å². The molecular formula is C21H22Br6O2. The highest BCUT2D eigenvalue weighted by Crippen LogP contribution is 2.37. The summed E-state index contributed by atoms with van der Waals surface area (Å²) < 4.78 is 13.7. The van der Waals surface area contributed by atoms with Gasteiger partial charge in [0.2, 0.25) is 0 Å². The van der Waals surface area contributed by atoms with E-state index in [1.807, 2.05) is 12.1 Å². The molecule has 160 valence electrons. The van der Waals surface area contributed by atoms with Crippen molar-refractivity contribution < 1.29 is 9.47 Å². The Morgan fingerprint density at radius 2 is 1.17 bits per heavy atom. The minimum Gasteiger partial charge on any atom is -0.491 e. The van der Waals surface area contributed by atoms with Gasteiger partial charge in [-0.25, -0.2) is 0 Å². The number of ether oxygens (including phenoxy) is 2. The van der Waals surface area contributed by atoms with E-state index in [4.69, 9.17) is 9.47 Å². The zero-order valence-corrected chi connectivity index (χ0v) is 25.3. The first-order chi connectivity index (χ1) is 13.9. The molecule has 2 nitrogen and oxygen atoms in total. The minimum atomic E-state index is 0.282. The summed E-state index contributed by atoms with van der Waals surface area (Å²) in [6.07, 6.45) is 0.999. The second-order valence-electron chi connectivity index (χ2n) is 6.47. The molecule has 2 atom stereocenters. The van der Waals surface area contributed by atoms with Crippen LogP contribution in [-0.4, -0.2) is 33.5 Å². The molecule has 0 bridgehead atoms. The summed E-state index contributed by atoms with van der Waals surface area (Å²) in [5.74, 6) is 2.01. The van der Waals surface area contributed by atoms with Gasteiger partial charge in [0, 0.05) is 16.6 Å². The van der Waals surface area contributed by atoms with Gasteiger partial charge >= 0.3 is 0 Å². The third kappa shape index (κ3) is 8.08. The molecule has 0 spiro atoms. The Labute approximate surface area is 223 Å². The standard InChI is InChI=1S/C21H22Br6O2/c1-2-17(13-3-5-20(18(26)7-13)28-11-15(24)9-22)14-4-6-21(19(27)8-14)29-12-16(25)10-23/h3-8,15-17H,2,9-12H2,1H3. The Kier molecular flexibility index (Phi) is 12.2. The molecule has 2 aromatic rings. The molecule has 2 aromatic carbocycles. The quantitative estimate of drug-likeness (QED) is 0.212. The van der Waals surface area contributed by atoms with Crippen molar-refractivity contribution in [3.05, 3.63) is 56.5 Å². The van der Waals surface area contributed by atoms with Crippen LogP contribution >= 0.6 is 95.6 Å². The van der Waals surface area contributed by atoms with Crippen molar-refractivity contribution in [2.45, 2.75) is 28.9 Å². The number of rotatable bonds is 11. The fourth-order valence-electron chi connectivity index (χ4n) is 2.82. The molecule has 0 aliphatic rings. The Morgan fingerprint density at radius 1 is 0.759 bits per heavy atom. The summed E-state index contributed by atoms with van der Waals surface area (Å²) in [6.45, 7) is 3.43. The Hall–Kier alpha value is 0.920. The lowest BCUT2D eigenvalue weighted by Gasteiger charge is -2.19. The first-order valence-electron chi connectivity index (χ1n) is 9.14. The van der Waals surface area contributed by atoms with Crippen molar-refractivity contribution in [3.63, 3.8) is 0 Å². The van der Waals surface area contributed by atoms with Crippen LogP contribution in [0.15, 0.2) is 45.3 Å². The lowest BCUT2D eigenvalue weighted by atomic mass is 9.89. The third-order valence-electron chi connectivity index (χ3n) is 4.30. The van der Waals surface area contributed by atoms with Gasteiger partial charge in [0.25, 0.3) is 0 Å². The van der Waals surface area contributed by atoms with Crippen LogP contribution in [0.2, 0.25) is 0 Å². The smallest absolute Gasteiger partial charge is 0.133 e. The number of halogens is 6. The Balaban J connectivity index is 2.16. The summed E-state index contributed by atoms with van der Waals surface area (Å²) in [5.41, 5.74) is 2.51. The predicted molar refractivity (Wildman–Crippen MR) is 144 cm³/mol. The normalized spacial score (nSPS) is 14.3. The predicted octanol–water partition coefficient (Wildman–Crippen LogP) is 8.83. The van der Waals surface area contributed by atoms with Gasteiger partial charge in [0.1, 0.15) is 24.7 Å². The zero-order valence-electron chi connectivity index (χ0n) is 15.8. The minimum absolute atomic E-state index is 0.282. The molecule has 0 radical (unpaired) electrons. The van der Waals surface area contributed by atoms with Crippen LogP contribution in [0.25, 0.3) is 0 Å². The van der Waals surface area contributed by atoms with Crippen LogP contribution in [0.4, 0.5) is 0 Å². The highest BCUT2D eigenvalue weighted by atomic mass is 79.9. The zero-order chi connectivity index (χ0) is 21.4. The van der Waals surface area contributed by atoms with Crippen LogP contribution in [0, 0.1) is 0 Å². The van der Waals surface area contributed by atoms with Crippen molar-refractivity contribution >= 4 is 95.6 Å². The van der Waals surface area contributed by atoms with Gasteiger partial charge in [-0.2, -0.15) is 0 Å². The molecule has 0 heterocycles. The van der Waals surface area contributed by atoms with Gasteiger partial charge < -0.3 is 9.47 Å². The molecule has 0 amide bonds. The maximum Gasteiger partial charge on any atom is 0.133 e. The summed E-state index contributed by atoms with van der Waals surface area (Å²) >= 11 is 21.4. The molecule has 0 saturated heterocycles. The average molecular weight is 786 g/mol. The second kappa shape index (κ2) is 13.5. The maximum atomic E-state index is 5.90. The second-order valence-corrected chi connectivity index (χ2v) is 12.1. The number of benzene rings is 2. The van der Waals surface area contributed by atoms with E-state index in [-0.39, 0.29) is 9.65 Å². The number of hydrogen-bond donors (Lipinski definition) is 0. The van der Waals surface area contributed by atoms with Crippen LogP contribution in [-0.2, 0) is 0 Å². The van der Waals surface area contributed by atoms with Crippen molar-refractivity contribution in [2.24, 2.45) is 0 Å². The van der Waals surface area contributed by atoms with Gasteiger partial charge in [0.05, 0.1) is 18.6 Å². The number of hydrogen-bond acceptors (Lipinski definition) is 2. The van der Waals surface area contributed by atoms with E-state index in [1.165, 1.54) is 11.1 Å². The van der Waals surface area contributed by atoms with E-state index in [0.29, 0.717) is 19.1 Å². The van der Waals surface area contributed by atoms with Crippen molar-refractivity contribution in [3.8, 4) is 11.5 Å². The fraction of sp³-hybridized carbons (Fsp3) is 0.429. The molecular weight excluding hydrogens is 764 g/mol. The van der Waals surface area contributed by atoms with Gasteiger partial charge in [-0.3, -0.25) is 0 Å². The Bertz CT molecular complexity index is 722. The van der Waals surface area contributed by atoms with Crippen LogP contribution in [0.1, 0.15) is 30.4 Å². The third-order valence-corrected chi connectivity index (χ3v) is 10.0. The fourth-order valence-corrected chi connectivity index (χ4v) is 4.48. The summed E-state index contributed by atoms with van der Waals surface area (Å²) in [4.78, 5) is 0.565. The van der Waals surface area contributed by atoms with Crippen molar-refractivity contribution in [2.75, 3.05) is 23.9 Å². The topological polar surface area (TPSA) is 18.5 Å². The summed E-state index contributed by atoms with van der Waals surface area (Å²) in [6, 6.07) is 12.7. The van der Waals surface area contributed by atoms with E-state index in [0.717, 1.165) is 37.5 Å². The molecule has 0 N–H and O–H groups in total. The maximum absolute atomic E-state index is 5.90. The monoisotopic (exact) mass is 780 g/mol. The highest BCUT2D eigenvalue weighted by molar-refractivity contribution is 9.12. The lowest BCUT2D eigenvalue weighted by molar-refractivity contribution is 0.323. The van der Waals surface area contributed by atoms with E-state index in [1.54, 1.807) is 0 Å². The van der Waals surface area contributed by atoms with Gasteiger partial charge in [-0.05, 0) is 73.7 Å². The lowest BCUT2D eigenvalue weighted by Crippen LogP contribution is -2.13. The largest absolute Gasteiger partial charge is 0.491 e. The van der Waals surface area contributed by atoms with Crippen molar-refractivity contribution in [1.82, 2.24) is 0 Å². The summed E-state index contributed by atoms with van der Waals surface area (Å²) in [7, 11) is 0. The molecule has 2 unspecified atom stereocenters. The van der Waals surface area contributed by atoms with Gasteiger partial charge in [-0.1, -0.05) is 82.8 Å². The van der Waals surface area contributed by atoms with E-state index < -0.39 is 0 Å². The van der Waals surface area contributed by atoms with E-state index >= 15 is 0 Å². The van der Waals surface area contributed by atoms with Gasteiger partial charge in [0.15, 0.2) is 0 Å². The number of alkyl halides is 4. The first kappa shape index (κ1) is 26.2. The molecule has 0 aliphatic heterocycles. The van der Waals surface area contributed by atoms with Crippen LogP contribution in [0.3, 0.4) is 0 Å². The molecule has 0 fully saturated rings. The van der Waals surface area contributed by atoms with Crippen LogP contribution in [0.5, 0.6) is 11.5 Å².